The van der Waals surface area contributed by atoms with Crippen molar-refractivity contribution in [3.05, 3.63) is 16.6 Å². The Labute approximate surface area is 74.8 Å². The first-order valence-electron chi connectivity index (χ1n) is 3.66. The highest BCUT2D eigenvalue weighted by Gasteiger charge is 1.95. The second-order valence-electron chi connectivity index (χ2n) is 2.32. The monoisotopic (exact) mass is 185 g/mol. The third-order valence-electron chi connectivity index (χ3n) is 1.31. The van der Waals surface area contributed by atoms with Crippen LogP contribution in [0.5, 0.6) is 0 Å². The summed E-state index contributed by atoms with van der Waals surface area (Å²) in [5.74, 6) is -0.276. The van der Waals surface area contributed by atoms with E-state index in [2.05, 4.69) is 10.3 Å². The average molecular weight is 185 g/mol. The van der Waals surface area contributed by atoms with Gasteiger partial charge in [0.05, 0.1) is 0 Å². The van der Waals surface area contributed by atoms with E-state index in [0.29, 0.717) is 19.5 Å². The summed E-state index contributed by atoms with van der Waals surface area (Å²) in [4.78, 5) is 14.4. The summed E-state index contributed by atoms with van der Waals surface area (Å²) in [7, 11) is 0. The maximum atomic E-state index is 10.3. The average Bonchev–Trinajstić information content (AvgIpc) is 2.49. The zero-order valence-electron chi connectivity index (χ0n) is 6.62. The Morgan fingerprint density at radius 1 is 1.75 bits per heavy atom. The topological polar surface area (TPSA) is 68.0 Å². The molecule has 1 rings (SSSR count). The lowest BCUT2D eigenvalue weighted by atomic mass is 10.4. The van der Waals surface area contributed by atoms with Gasteiger partial charge in [0, 0.05) is 31.1 Å². The van der Waals surface area contributed by atoms with Crippen LogP contribution in [0.25, 0.3) is 0 Å². The van der Waals surface area contributed by atoms with E-state index in [9.17, 15) is 4.79 Å². The van der Waals surface area contributed by atoms with Crippen LogP contribution in [0.15, 0.2) is 11.6 Å². The highest BCUT2D eigenvalue weighted by atomic mass is 32.1. The molecule has 0 radical (unpaired) electrons. The van der Waals surface area contributed by atoms with Crippen LogP contribution >= 0.6 is 11.3 Å². The van der Waals surface area contributed by atoms with Gasteiger partial charge < -0.3 is 11.1 Å². The molecule has 12 heavy (non-hydrogen) atoms. The summed E-state index contributed by atoms with van der Waals surface area (Å²) in [6, 6.07) is 0. The quantitative estimate of drug-likeness (QED) is 0.640. The molecule has 1 aromatic heterocycles. The molecule has 3 N–H and O–H groups in total. The molecule has 5 heteroatoms. The molecule has 0 aliphatic rings. The molecule has 1 heterocycles. The largest absolute Gasteiger partial charge is 0.370 e. The van der Waals surface area contributed by atoms with Crippen LogP contribution in [0.3, 0.4) is 0 Å². The van der Waals surface area contributed by atoms with Crippen LogP contribution in [0.2, 0.25) is 0 Å². The Kier molecular flexibility index (Phi) is 3.69. The first-order chi connectivity index (χ1) is 5.79. The van der Waals surface area contributed by atoms with E-state index in [1.165, 1.54) is 0 Å². The Balaban J connectivity index is 2.07. The molecule has 0 saturated carbocycles. The molecule has 4 nitrogen and oxygen atoms in total. The molecule has 0 fully saturated rings. The highest BCUT2D eigenvalue weighted by Crippen LogP contribution is 2.02. The molecule has 0 aliphatic heterocycles. The van der Waals surface area contributed by atoms with E-state index in [1.807, 2.05) is 5.38 Å². The van der Waals surface area contributed by atoms with Crippen LogP contribution in [0.1, 0.15) is 11.4 Å². The third-order valence-corrected chi connectivity index (χ3v) is 2.09. The Morgan fingerprint density at radius 3 is 3.17 bits per heavy atom. The second kappa shape index (κ2) is 4.84. The van der Waals surface area contributed by atoms with Crippen LogP contribution in [-0.2, 0) is 11.3 Å². The standard InChI is InChI=1S/C7H11N3OS/c8-6(11)1-2-9-5-7-10-3-4-12-7/h3-4,9H,1-2,5H2,(H2,8,11). The van der Waals surface area contributed by atoms with E-state index in [-0.39, 0.29) is 5.91 Å². The van der Waals surface area contributed by atoms with Crippen LogP contribution < -0.4 is 11.1 Å². The second-order valence-corrected chi connectivity index (χ2v) is 3.30. The van der Waals surface area contributed by atoms with Gasteiger partial charge in [-0.15, -0.1) is 11.3 Å². The fourth-order valence-corrected chi connectivity index (χ4v) is 1.33. The van der Waals surface area contributed by atoms with E-state index in [4.69, 9.17) is 5.73 Å². The van der Waals surface area contributed by atoms with Crippen molar-refractivity contribution in [1.29, 1.82) is 0 Å². The molecule has 0 saturated heterocycles. The van der Waals surface area contributed by atoms with Crippen molar-refractivity contribution in [3.63, 3.8) is 0 Å². The summed E-state index contributed by atoms with van der Waals surface area (Å²) in [6.45, 7) is 1.33. The number of hydrogen-bond donors (Lipinski definition) is 2. The van der Waals surface area contributed by atoms with Crippen molar-refractivity contribution >= 4 is 17.2 Å². The number of nitrogens with zero attached hydrogens (tertiary/aromatic N) is 1. The summed E-state index contributed by atoms with van der Waals surface area (Å²) in [6.07, 6.45) is 2.14. The first-order valence-corrected chi connectivity index (χ1v) is 4.54. The lowest BCUT2D eigenvalue weighted by Crippen LogP contribution is -2.21. The van der Waals surface area contributed by atoms with Gasteiger partial charge in [-0.2, -0.15) is 0 Å². The molecular weight excluding hydrogens is 174 g/mol. The van der Waals surface area contributed by atoms with Crippen molar-refractivity contribution < 1.29 is 4.79 Å². The van der Waals surface area contributed by atoms with Gasteiger partial charge in [-0.3, -0.25) is 4.79 Å². The van der Waals surface area contributed by atoms with Gasteiger partial charge in [-0.1, -0.05) is 0 Å². The van der Waals surface area contributed by atoms with E-state index in [0.717, 1.165) is 5.01 Å². The summed E-state index contributed by atoms with van der Waals surface area (Å²) >= 11 is 1.59. The van der Waals surface area contributed by atoms with Crippen LogP contribution in [-0.4, -0.2) is 17.4 Å². The minimum Gasteiger partial charge on any atom is -0.370 e. The SMILES string of the molecule is NC(=O)CCNCc1nccs1. The van der Waals surface area contributed by atoms with Gasteiger partial charge in [0.25, 0.3) is 0 Å². The maximum Gasteiger partial charge on any atom is 0.218 e. The predicted octanol–water partition coefficient (Wildman–Crippen LogP) is 0.108. The summed E-state index contributed by atoms with van der Waals surface area (Å²) in [5.41, 5.74) is 4.96. The Morgan fingerprint density at radius 2 is 2.58 bits per heavy atom. The van der Waals surface area contributed by atoms with Gasteiger partial charge in [0.1, 0.15) is 5.01 Å². The highest BCUT2D eigenvalue weighted by molar-refractivity contribution is 7.09. The number of primary amides is 1. The van der Waals surface area contributed by atoms with Gasteiger partial charge in [0.15, 0.2) is 0 Å². The molecule has 1 amide bonds. The van der Waals surface area contributed by atoms with Gasteiger partial charge in [0.2, 0.25) is 5.91 Å². The number of carbonyl (C=O) groups excluding carboxylic acids is 1. The molecule has 0 aromatic carbocycles. The fourth-order valence-electron chi connectivity index (χ4n) is 0.747. The Bertz CT molecular complexity index is 235. The number of amides is 1. The number of thiazole rings is 1. The predicted molar refractivity (Wildman–Crippen MR) is 47.6 cm³/mol. The molecule has 66 valence electrons. The normalized spacial score (nSPS) is 10.0. The van der Waals surface area contributed by atoms with Crippen molar-refractivity contribution in [2.75, 3.05) is 6.54 Å². The van der Waals surface area contributed by atoms with Crippen molar-refractivity contribution in [1.82, 2.24) is 10.3 Å². The number of hydrogen-bond acceptors (Lipinski definition) is 4. The third kappa shape index (κ3) is 3.45. The van der Waals surface area contributed by atoms with E-state index in [1.54, 1.807) is 17.5 Å². The number of carbonyl (C=O) groups is 1. The van der Waals surface area contributed by atoms with E-state index >= 15 is 0 Å². The zero-order chi connectivity index (χ0) is 8.81. The first kappa shape index (κ1) is 9.15. The zero-order valence-corrected chi connectivity index (χ0v) is 7.43. The van der Waals surface area contributed by atoms with Gasteiger partial charge in [-0.05, 0) is 0 Å². The molecule has 0 atom stereocenters. The summed E-state index contributed by atoms with van der Waals surface area (Å²) in [5, 5.41) is 6.02. The minimum atomic E-state index is -0.276. The Hall–Kier alpha value is -0.940. The van der Waals surface area contributed by atoms with Crippen molar-refractivity contribution in [2.24, 2.45) is 5.73 Å². The van der Waals surface area contributed by atoms with E-state index < -0.39 is 0 Å². The van der Waals surface area contributed by atoms with Crippen molar-refractivity contribution in [3.8, 4) is 0 Å². The lowest BCUT2D eigenvalue weighted by Gasteiger charge is -1.98. The molecular formula is C7H11N3OS. The number of nitrogens with two attached hydrogens (primary N) is 1. The van der Waals surface area contributed by atoms with Gasteiger partial charge >= 0.3 is 0 Å². The number of rotatable bonds is 5. The van der Waals surface area contributed by atoms with Gasteiger partial charge in [-0.25, -0.2) is 4.98 Å². The van der Waals surface area contributed by atoms with Crippen molar-refractivity contribution in [2.45, 2.75) is 13.0 Å². The molecule has 0 spiro atoms. The van der Waals surface area contributed by atoms with Crippen LogP contribution in [0.4, 0.5) is 0 Å². The molecule has 0 unspecified atom stereocenters. The lowest BCUT2D eigenvalue weighted by molar-refractivity contribution is -0.117. The smallest absolute Gasteiger partial charge is 0.218 e. The maximum absolute atomic E-state index is 10.3. The van der Waals surface area contributed by atoms with Crippen LogP contribution in [0, 0.1) is 0 Å². The molecule has 0 bridgehead atoms. The number of aromatic nitrogens is 1. The molecule has 0 aliphatic carbocycles. The summed E-state index contributed by atoms with van der Waals surface area (Å²) < 4.78 is 0. The fraction of sp³-hybridized carbons (Fsp3) is 0.429. The molecule has 1 aromatic rings. The number of nitrogens with one attached hydrogen (secondary N) is 1. The minimum absolute atomic E-state index is 0.276.